The normalized spacial score (nSPS) is 14.3. The van der Waals surface area contributed by atoms with Crippen LogP contribution in [0.4, 0.5) is 17.1 Å². The standard InChI is InChI=1S/C68H44N2S/c1-67(2)52-23-9-11-25-54(52)68(55-26-12-10-24-53(55)67)56-37-35-46(62-51-21-7-14-28-59(51)70-58-27-13-6-19-47(58)49-36-38-57(68)64(63(56)62)65(49)70)42-32-31-41-33-34-45(40-43(41)39-42)69(44-17-4-3-5-18-44)60-29-16-22-50-48-20-8-15-30-61(48)71-66(50)60/h3-40H,1-2H3. The number of anilines is 3. The molecule has 2 nitrogen and oxygen atoms in total. The van der Waals surface area contributed by atoms with Gasteiger partial charge in [0.2, 0.25) is 0 Å². The Morgan fingerprint density at radius 3 is 1.90 bits per heavy atom. The highest BCUT2D eigenvalue weighted by Crippen LogP contribution is 2.67. The minimum atomic E-state index is -0.529. The third-order valence-electron chi connectivity index (χ3n) is 16.6. The van der Waals surface area contributed by atoms with E-state index in [9.17, 15) is 0 Å². The van der Waals surface area contributed by atoms with Gasteiger partial charge in [-0.3, -0.25) is 0 Å². The van der Waals surface area contributed by atoms with E-state index in [2.05, 4.69) is 254 Å². The van der Waals surface area contributed by atoms with Crippen molar-refractivity contribution in [2.45, 2.75) is 24.7 Å². The third-order valence-corrected chi connectivity index (χ3v) is 17.8. The Kier molecular flexibility index (Phi) is 7.80. The second-order valence-electron chi connectivity index (χ2n) is 20.3. The molecule has 13 aromatic rings. The maximum Gasteiger partial charge on any atom is 0.0720 e. The molecule has 3 heterocycles. The van der Waals surface area contributed by atoms with Crippen LogP contribution in [-0.4, -0.2) is 4.57 Å². The van der Waals surface area contributed by atoms with Gasteiger partial charge < -0.3 is 9.47 Å². The highest BCUT2D eigenvalue weighted by atomic mass is 32.1. The molecule has 332 valence electrons. The Hall–Kier alpha value is -8.50. The second-order valence-corrected chi connectivity index (χ2v) is 21.4. The van der Waals surface area contributed by atoms with Crippen molar-refractivity contribution in [1.82, 2.24) is 4.57 Å². The SMILES string of the molecule is CC1(C)c2ccccc2C2(c3ccccc31)c1ccc(-c3ccc4ccc(N(c5ccccc5)c5cccc6c5sc5ccccc56)cc4c3)c3c1-c1c2ccc2c4ccccc4n(c12)-c1ccccc1-3. The van der Waals surface area contributed by atoms with Crippen molar-refractivity contribution in [1.29, 1.82) is 0 Å². The Labute approximate surface area is 416 Å². The summed E-state index contributed by atoms with van der Waals surface area (Å²) in [6, 6.07) is 87.3. The summed E-state index contributed by atoms with van der Waals surface area (Å²) in [6.45, 7) is 4.83. The zero-order chi connectivity index (χ0) is 46.7. The van der Waals surface area contributed by atoms with Crippen molar-refractivity contribution in [3.05, 3.63) is 264 Å². The second kappa shape index (κ2) is 14.1. The highest BCUT2D eigenvalue weighted by Gasteiger charge is 2.55. The molecule has 1 spiro atoms. The highest BCUT2D eigenvalue weighted by molar-refractivity contribution is 7.26. The molecule has 1 aliphatic heterocycles. The first-order chi connectivity index (χ1) is 35.0. The molecule has 0 amide bonds. The summed E-state index contributed by atoms with van der Waals surface area (Å²) < 4.78 is 5.19. The summed E-state index contributed by atoms with van der Waals surface area (Å²) in [5.41, 5.74) is 22.4. The van der Waals surface area contributed by atoms with Crippen LogP contribution in [0, 0.1) is 0 Å². The van der Waals surface area contributed by atoms with Gasteiger partial charge in [0.15, 0.2) is 0 Å². The van der Waals surface area contributed by atoms with Gasteiger partial charge in [-0.2, -0.15) is 0 Å². The molecule has 2 aromatic heterocycles. The molecule has 0 bridgehead atoms. The van der Waals surface area contributed by atoms with Gasteiger partial charge in [0, 0.05) is 54.2 Å². The minimum absolute atomic E-state index is 0.183. The van der Waals surface area contributed by atoms with Gasteiger partial charge in [0.05, 0.1) is 32.5 Å². The molecular formula is C68H44N2S. The maximum absolute atomic E-state index is 2.60. The van der Waals surface area contributed by atoms with Gasteiger partial charge in [-0.15, -0.1) is 11.3 Å². The number of hydrogen-bond acceptors (Lipinski definition) is 2. The molecule has 11 aromatic carbocycles. The van der Waals surface area contributed by atoms with E-state index in [1.165, 1.54) is 131 Å². The number of thiophene rings is 1. The third kappa shape index (κ3) is 5.01. The molecular weight excluding hydrogens is 877 g/mol. The van der Waals surface area contributed by atoms with Crippen molar-refractivity contribution in [3.63, 3.8) is 0 Å². The largest absolute Gasteiger partial charge is 0.309 e. The lowest BCUT2D eigenvalue weighted by molar-refractivity contribution is 0.563. The smallest absolute Gasteiger partial charge is 0.0720 e. The first kappa shape index (κ1) is 39.4. The summed E-state index contributed by atoms with van der Waals surface area (Å²) in [7, 11) is 0. The van der Waals surface area contributed by atoms with Crippen molar-refractivity contribution in [2.75, 3.05) is 4.90 Å². The van der Waals surface area contributed by atoms with E-state index < -0.39 is 5.41 Å². The topological polar surface area (TPSA) is 8.17 Å². The van der Waals surface area contributed by atoms with Crippen LogP contribution in [0.3, 0.4) is 0 Å². The predicted molar refractivity (Wildman–Crippen MR) is 300 cm³/mol. The molecule has 0 saturated carbocycles. The molecule has 0 saturated heterocycles. The summed E-state index contributed by atoms with van der Waals surface area (Å²) in [5, 5.41) is 7.58. The van der Waals surface area contributed by atoms with Crippen LogP contribution in [0.15, 0.2) is 231 Å². The molecule has 0 fully saturated rings. The van der Waals surface area contributed by atoms with Crippen LogP contribution in [-0.2, 0) is 10.8 Å². The Balaban J connectivity index is 0.987. The molecule has 0 atom stereocenters. The summed E-state index contributed by atoms with van der Waals surface area (Å²) >= 11 is 1.88. The summed E-state index contributed by atoms with van der Waals surface area (Å²) in [6.07, 6.45) is 0. The van der Waals surface area contributed by atoms with E-state index in [1.807, 2.05) is 11.3 Å². The average molecular weight is 921 g/mol. The molecule has 2 aliphatic carbocycles. The van der Waals surface area contributed by atoms with Crippen LogP contribution in [0.2, 0.25) is 0 Å². The fourth-order valence-corrected chi connectivity index (χ4v) is 14.8. The van der Waals surface area contributed by atoms with Gasteiger partial charge >= 0.3 is 0 Å². The van der Waals surface area contributed by atoms with Crippen LogP contribution >= 0.6 is 11.3 Å². The number of fused-ring (bicyclic) bond motifs is 16. The van der Waals surface area contributed by atoms with E-state index >= 15 is 0 Å². The first-order valence-corrected chi connectivity index (χ1v) is 25.7. The van der Waals surface area contributed by atoms with Gasteiger partial charge in [-0.25, -0.2) is 0 Å². The van der Waals surface area contributed by atoms with Gasteiger partial charge in [0.1, 0.15) is 0 Å². The van der Waals surface area contributed by atoms with Crippen molar-refractivity contribution in [2.24, 2.45) is 0 Å². The number of rotatable bonds is 4. The van der Waals surface area contributed by atoms with Gasteiger partial charge in [0.25, 0.3) is 0 Å². The Morgan fingerprint density at radius 2 is 1.07 bits per heavy atom. The van der Waals surface area contributed by atoms with Crippen LogP contribution < -0.4 is 4.90 Å². The molecule has 3 heteroatoms. The Morgan fingerprint density at radius 1 is 0.408 bits per heavy atom. The lowest BCUT2D eigenvalue weighted by Gasteiger charge is -2.46. The molecule has 16 rings (SSSR count). The quantitative estimate of drug-likeness (QED) is 0.171. The lowest BCUT2D eigenvalue weighted by Crippen LogP contribution is -2.40. The van der Waals surface area contributed by atoms with E-state index in [4.69, 9.17) is 0 Å². The van der Waals surface area contributed by atoms with Crippen LogP contribution in [0.5, 0.6) is 0 Å². The van der Waals surface area contributed by atoms with Gasteiger partial charge in [-0.05, 0) is 121 Å². The molecule has 71 heavy (non-hydrogen) atoms. The van der Waals surface area contributed by atoms with Gasteiger partial charge in [-0.1, -0.05) is 190 Å². The minimum Gasteiger partial charge on any atom is -0.309 e. The number of para-hydroxylation sites is 3. The first-order valence-electron chi connectivity index (χ1n) is 24.8. The monoisotopic (exact) mass is 920 g/mol. The molecule has 3 aliphatic rings. The van der Waals surface area contributed by atoms with E-state index in [-0.39, 0.29) is 5.41 Å². The lowest BCUT2D eigenvalue weighted by atomic mass is 9.55. The van der Waals surface area contributed by atoms with E-state index in [0.717, 1.165) is 11.4 Å². The Bertz CT molecular complexity index is 4400. The maximum atomic E-state index is 2.60. The molecule has 0 N–H and O–H groups in total. The number of nitrogens with zero attached hydrogens (tertiary/aromatic N) is 2. The van der Waals surface area contributed by atoms with Crippen LogP contribution in [0.1, 0.15) is 47.2 Å². The zero-order valence-corrected chi connectivity index (χ0v) is 40.1. The summed E-state index contributed by atoms with van der Waals surface area (Å²) in [4.78, 5) is 2.45. The number of aromatic nitrogens is 1. The van der Waals surface area contributed by atoms with Crippen molar-refractivity contribution < 1.29 is 0 Å². The number of benzene rings is 11. The van der Waals surface area contributed by atoms with E-state index in [0.29, 0.717) is 0 Å². The number of hydrogen-bond donors (Lipinski definition) is 0. The fourth-order valence-electron chi connectivity index (χ4n) is 13.6. The molecule has 0 unspecified atom stereocenters. The fraction of sp³-hybridized carbons (Fsp3) is 0.0588. The zero-order valence-electron chi connectivity index (χ0n) is 39.2. The average Bonchev–Trinajstić information content (AvgIpc) is 4.05. The predicted octanol–water partition coefficient (Wildman–Crippen LogP) is 18.4. The van der Waals surface area contributed by atoms with E-state index in [1.54, 1.807) is 0 Å². The van der Waals surface area contributed by atoms with Crippen LogP contribution in [0.25, 0.3) is 91.8 Å². The molecule has 0 radical (unpaired) electrons. The van der Waals surface area contributed by atoms with Crippen molar-refractivity contribution >= 4 is 81.1 Å². The summed E-state index contributed by atoms with van der Waals surface area (Å²) in [5.74, 6) is 0. The van der Waals surface area contributed by atoms with Crippen molar-refractivity contribution in [3.8, 4) is 39.1 Å².